The summed E-state index contributed by atoms with van der Waals surface area (Å²) >= 11 is 0. The Morgan fingerprint density at radius 3 is 1.55 bits per heavy atom. The lowest BCUT2D eigenvalue weighted by Crippen LogP contribution is -2.40. The van der Waals surface area contributed by atoms with Crippen LogP contribution in [0.3, 0.4) is 0 Å². The Balaban J connectivity index is 4.25. The number of carbonyl (C=O) groups is 3. The number of unbranched alkanes of at least 4 members (excludes halogenated alkanes) is 21. The molecule has 1 amide bonds. The van der Waals surface area contributed by atoms with E-state index in [0.717, 1.165) is 77.0 Å². The molecule has 0 aliphatic heterocycles. The number of carbonyl (C=O) groups excluding carboxylic acids is 2. The van der Waals surface area contributed by atoms with Gasteiger partial charge in [-0.2, -0.15) is 0 Å². The van der Waals surface area contributed by atoms with Crippen LogP contribution in [0.15, 0.2) is 48.6 Å². The number of allylic oxidation sites excluding steroid dienone is 7. The maximum absolute atomic E-state index is 12.8. The molecule has 0 bridgehead atoms. The van der Waals surface area contributed by atoms with Crippen LogP contribution in [0.1, 0.15) is 219 Å². The van der Waals surface area contributed by atoms with E-state index in [9.17, 15) is 19.5 Å². The Morgan fingerprint density at radius 1 is 0.545 bits per heavy atom. The number of carboxylic acid groups (broad SMARTS) is 1. The predicted molar refractivity (Wildman–Crippen MR) is 234 cm³/mol. The lowest BCUT2D eigenvalue weighted by molar-refractivity contribution is -0.147. The molecule has 318 valence electrons. The van der Waals surface area contributed by atoms with Crippen LogP contribution in [0.5, 0.6) is 0 Å². The molecule has 55 heavy (non-hydrogen) atoms. The van der Waals surface area contributed by atoms with E-state index in [2.05, 4.69) is 67.8 Å². The summed E-state index contributed by atoms with van der Waals surface area (Å²) in [5.41, 5.74) is 5.48. The summed E-state index contributed by atoms with van der Waals surface area (Å²) in [5, 5.41) is 11.9. The minimum absolute atomic E-state index is 0.0791. The third-order valence-electron chi connectivity index (χ3n) is 10.1. The van der Waals surface area contributed by atoms with Crippen molar-refractivity contribution in [1.29, 1.82) is 0 Å². The van der Waals surface area contributed by atoms with Crippen molar-refractivity contribution >= 4 is 17.8 Å². The van der Waals surface area contributed by atoms with Gasteiger partial charge >= 0.3 is 11.9 Å². The monoisotopic (exact) mass is 771 g/mol. The van der Waals surface area contributed by atoms with E-state index in [1.54, 1.807) is 0 Å². The number of hydrogen-bond donors (Lipinski definition) is 3. The smallest absolute Gasteiger partial charge is 0.326 e. The molecule has 0 rings (SSSR count). The third-order valence-corrected chi connectivity index (χ3v) is 10.1. The van der Waals surface area contributed by atoms with Crippen molar-refractivity contribution in [2.45, 2.75) is 231 Å². The maximum atomic E-state index is 12.8. The van der Waals surface area contributed by atoms with Crippen molar-refractivity contribution < 1.29 is 24.2 Å². The van der Waals surface area contributed by atoms with Gasteiger partial charge in [-0.1, -0.05) is 159 Å². The van der Waals surface area contributed by atoms with Crippen molar-refractivity contribution in [1.82, 2.24) is 5.32 Å². The molecule has 0 aromatic heterocycles. The van der Waals surface area contributed by atoms with Crippen LogP contribution in [-0.2, 0) is 19.1 Å². The predicted octanol–water partition coefficient (Wildman–Crippen LogP) is 13.2. The Labute approximate surface area is 338 Å². The average molecular weight is 771 g/mol. The summed E-state index contributed by atoms with van der Waals surface area (Å²) in [6, 6.07) is -0.857. The third kappa shape index (κ3) is 39.4. The molecule has 0 saturated carbocycles. The van der Waals surface area contributed by atoms with Crippen LogP contribution >= 0.6 is 0 Å². The quantitative estimate of drug-likeness (QED) is 0.0324. The molecule has 4 N–H and O–H groups in total. The van der Waals surface area contributed by atoms with Gasteiger partial charge in [0, 0.05) is 12.8 Å². The Hall–Kier alpha value is -2.67. The number of amides is 1. The number of nitrogens with two attached hydrogens (primary N) is 1. The fraction of sp³-hybridized carbons (Fsp3) is 0.771. The number of esters is 1. The van der Waals surface area contributed by atoms with Gasteiger partial charge in [0.15, 0.2) is 0 Å². The average Bonchev–Trinajstić information content (AvgIpc) is 3.17. The first kappa shape index (κ1) is 52.3. The Kier molecular flexibility index (Phi) is 40.4. The van der Waals surface area contributed by atoms with Gasteiger partial charge < -0.3 is 20.9 Å². The summed E-state index contributed by atoms with van der Waals surface area (Å²) in [4.78, 5) is 36.3. The van der Waals surface area contributed by atoms with E-state index in [1.165, 1.54) is 103 Å². The second-order valence-corrected chi connectivity index (χ2v) is 15.5. The van der Waals surface area contributed by atoms with E-state index in [4.69, 9.17) is 10.5 Å². The highest BCUT2D eigenvalue weighted by Gasteiger charge is 2.18. The van der Waals surface area contributed by atoms with Gasteiger partial charge in [-0.3, -0.25) is 9.59 Å². The number of aliphatic carboxylic acids is 1. The van der Waals surface area contributed by atoms with Gasteiger partial charge in [0.1, 0.15) is 12.1 Å². The van der Waals surface area contributed by atoms with Crippen molar-refractivity contribution in [2.75, 3.05) is 6.54 Å². The van der Waals surface area contributed by atoms with Crippen LogP contribution in [0.2, 0.25) is 0 Å². The molecule has 0 aromatic rings. The van der Waals surface area contributed by atoms with Gasteiger partial charge in [0.05, 0.1) is 0 Å². The number of hydrogen-bond acceptors (Lipinski definition) is 5. The van der Waals surface area contributed by atoms with E-state index < -0.39 is 12.0 Å². The van der Waals surface area contributed by atoms with Crippen LogP contribution in [-0.4, -0.2) is 41.6 Å². The Morgan fingerprint density at radius 2 is 1.00 bits per heavy atom. The van der Waals surface area contributed by atoms with Crippen molar-refractivity contribution in [2.24, 2.45) is 5.73 Å². The molecule has 0 aliphatic carbocycles. The number of rotatable bonds is 41. The van der Waals surface area contributed by atoms with Crippen LogP contribution < -0.4 is 11.1 Å². The van der Waals surface area contributed by atoms with Crippen LogP contribution in [0, 0.1) is 0 Å². The fourth-order valence-corrected chi connectivity index (χ4v) is 6.61. The minimum atomic E-state index is -1.01. The largest absolute Gasteiger partial charge is 0.480 e. The highest BCUT2D eigenvalue weighted by Crippen LogP contribution is 2.16. The molecule has 7 nitrogen and oxygen atoms in total. The SMILES string of the molecule is CCCCC/C=C\C/C=C\CCCCCCCCCCCC(=O)OC(/C=C\C/C=C\CCCCCC)CCCCCCCCC(=O)NC(CCCN)C(=O)O. The summed E-state index contributed by atoms with van der Waals surface area (Å²) in [6.45, 7) is 4.90. The Bertz CT molecular complexity index is 1000. The molecule has 2 atom stereocenters. The van der Waals surface area contributed by atoms with E-state index in [0.29, 0.717) is 32.2 Å². The first-order valence-corrected chi connectivity index (χ1v) is 23.0. The molecule has 2 unspecified atom stereocenters. The molecule has 0 aromatic carbocycles. The van der Waals surface area contributed by atoms with Crippen LogP contribution in [0.25, 0.3) is 0 Å². The van der Waals surface area contributed by atoms with Gasteiger partial charge in [-0.05, 0) is 103 Å². The maximum Gasteiger partial charge on any atom is 0.326 e. The van der Waals surface area contributed by atoms with Crippen LogP contribution in [0.4, 0.5) is 0 Å². The zero-order valence-electron chi connectivity index (χ0n) is 35.8. The molecule has 0 spiro atoms. The molecular weight excluding hydrogens is 685 g/mol. The molecule has 0 radical (unpaired) electrons. The molecule has 0 aliphatic rings. The second kappa shape index (κ2) is 42.5. The van der Waals surface area contributed by atoms with Gasteiger partial charge in [0.2, 0.25) is 5.91 Å². The minimum Gasteiger partial charge on any atom is -0.480 e. The lowest BCUT2D eigenvalue weighted by Gasteiger charge is -2.15. The molecule has 0 saturated heterocycles. The zero-order chi connectivity index (χ0) is 40.3. The summed E-state index contributed by atoms with van der Waals surface area (Å²) in [6.07, 6.45) is 51.8. The van der Waals surface area contributed by atoms with Crippen molar-refractivity contribution in [3.63, 3.8) is 0 Å². The van der Waals surface area contributed by atoms with Crippen molar-refractivity contribution in [3.05, 3.63) is 48.6 Å². The van der Waals surface area contributed by atoms with E-state index in [-0.39, 0.29) is 18.0 Å². The van der Waals surface area contributed by atoms with Gasteiger partial charge in [-0.15, -0.1) is 0 Å². The molecule has 7 heteroatoms. The topological polar surface area (TPSA) is 119 Å². The van der Waals surface area contributed by atoms with E-state index >= 15 is 0 Å². The fourth-order valence-electron chi connectivity index (χ4n) is 6.61. The zero-order valence-corrected chi connectivity index (χ0v) is 35.8. The summed E-state index contributed by atoms with van der Waals surface area (Å²) < 4.78 is 5.95. The lowest BCUT2D eigenvalue weighted by atomic mass is 10.0. The first-order valence-electron chi connectivity index (χ1n) is 23.0. The molecule has 0 fully saturated rings. The van der Waals surface area contributed by atoms with Gasteiger partial charge in [-0.25, -0.2) is 4.79 Å². The number of nitrogens with one attached hydrogen (secondary N) is 1. The normalized spacial score (nSPS) is 13.1. The highest BCUT2D eigenvalue weighted by atomic mass is 16.5. The second-order valence-electron chi connectivity index (χ2n) is 15.5. The number of carboxylic acids is 1. The standard InChI is InChI=1S/C48H86N2O5/c1-3-5-7-9-11-13-14-15-16-17-18-19-20-21-22-24-26-32-36-42-47(52)55-44(38-33-29-25-23-12-10-8-6-4-2)39-34-30-27-28-31-35-41-46(51)50-45(48(53)54)40-37-43-49/h11,13,15-16,23,25,33,38,44-45H,3-10,12,14,17-22,24,26-32,34-37,39-43,49H2,1-2H3,(H,50,51)(H,53,54)/b13-11-,16-15-,25-23-,38-33-. The molecule has 0 heterocycles. The van der Waals surface area contributed by atoms with Gasteiger partial charge in [0.25, 0.3) is 0 Å². The molecular formula is C48H86N2O5. The summed E-state index contributed by atoms with van der Waals surface area (Å²) in [7, 11) is 0. The first-order chi connectivity index (χ1) is 26.9. The number of ether oxygens (including phenoxy) is 1. The van der Waals surface area contributed by atoms with Crippen molar-refractivity contribution in [3.8, 4) is 0 Å². The highest BCUT2D eigenvalue weighted by molar-refractivity contribution is 5.83. The van der Waals surface area contributed by atoms with E-state index in [1.807, 2.05) is 0 Å². The summed E-state index contributed by atoms with van der Waals surface area (Å²) in [5.74, 6) is -1.29.